The van der Waals surface area contributed by atoms with Crippen LogP contribution in [0.2, 0.25) is 0 Å². The Bertz CT molecular complexity index is 932. The van der Waals surface area contributed by atoms with Gasteiger partial charge in [0.2, 0.25) is 5.13 Å². The van der Waals surface area contributed by atoms with E-state index in [1.807, 2.05) is 6.92 Å². The number of carbonyl (C=O) groups is 1. The second-order valence-electron chi connectivity index (χ2n) is 5.32. The third kappa shape index (κ3) is 3.91. The van der Waals surface area contributed by atoms with Crippen LogP contribution in [-0.4, -0.2) is 21.1 Å². The molecule has 1 amide bonds. The number of aromatic nitrogens is 3. The molecule has 3 rings (SSSR count). The van der Waals surface area contributed by atoms with Crippen LogP contribution in [0.25, 0.3) is 10.6 Å². The molecule has 1 aromatic carbocycles. The van der Waals surface area contributed by atoms with Crippen molar-refractivity contribution >= 4 is 33.7 Å². The average Bonchev–Trinajstić information content (AvgIpc) is 3.20. The largest absolute Gasteiger partial charge is 0.416 e. The fraction of sp³-hybridized carbons (Fsp3) is 0.250. The number of thiazole rings is 1. The van der Waals surface area contributed by atoms with Crippen molar-refractivity contribution in [1.29, 1.82) is 0 Å². The van der Waals surface area contributed by atoms with E-state index in [4.69, 9.17) is 0 Å². The number of carbonyl (C=O) groups excluding carboxylic acids is 1. The predicted octanol–water partition coefficient (Wildman–Crippen LogP) is 4.80. The van der Waals surface area contributed by atoms with Gasteiger partial charge >= 0.3 is 6.18 Å². The Kier molecular flexibility index (Phi) is 5.05. The highest BCUT2D eigenvalue weighted by Gasteiger charge is 2.30. The van der Waals surface area contributed by atoms with Crippen LogP contribution in [0.5, 0.6) is 0 Å². The Balaban J connectivity index is 1.81. The van der Waals surface area contributed by atoms with Crippen molar-refractivity contribution in [2.75, 3.05) is 5.32 Å². The zero-order valence-electron chi connectivity index (χ0n) is 13.7. The summed E-state index contributed by atoms with van der Waals surface area (Å²) in [5.41, 5.74) is 0.299. The lowest BCUT2D eigenvalue weighted by molar-refractivity contribution is -0.137. The summed E-state index contributed by atoms with van der Waals surface area (Å²) in [6.07, 6.45) is -3.66. The molecule has 10 heteroatoms. The van der Waals surface area contributed by atoms with E-state index in [9.17, 15) is 18.0 Å². The molecule has 1 N–H and O–H groups in total. The number of benzene rings is 1. The van der Waals surface area contributed by atoms with Gasteiger partial charge in [-0.1, -0.05) is 30.4 Å². The van der Waals surface area contributed by atoms with Crippen LogP contribution in [0.1, 0.15) is 32.9 Å². The number of amides is 1. The van der Waals surface area contributed by atoms with Crippen molar-refractivity contribution in [3.63, 3.8) is 0 Å². The quantitative estimate of drug-likeness (QED) is 0.685. The molecule has 2 aromatic heterocycles. The third-order valence-corrected chi connectivity index (χ3v) is 5.64. The van der Waals surface area contributed by atoms with Gasteiger partial charge in [0.25, 0.3) is 5.91 Å². The van der Waals surface area contributed by atoms with E-state index < -0.39 is 11.7 Å². The van der Waals surface area contributed by atoms with Crippen molar-refractivity contribution in [2.45, 2.75) is 26.4 Å². The molecule has 0 spiro atoms. The first-order valence-electron chi connectivity index (χ1n) is 7.56. The van der Waals surface area contributed by atoms with Crippen LogP contribution >= 0.6 is 22.7 Å². The summed E-state index contributed by atoms with van der Waals surface area (Å²) in [5.74, 6) is -0.364. The van der Waals surface area contributed by atoms with Crippen molar-refractivity contribution in [3.05, 3.63) is 45.4 Å². The second kappa shape index (κ2) is 7.12. The Morgan fingerprint density at radius 2 is 1.85 bits per heavy atom. The van der Waals surface area contributed by atoms with E-state index in [0.29, 0.717) is 26.3 Å². The molecule has 0 bridgehead atoms. The normalized spacial score (nSPS) is 11.6. The number of hydrogen-bond acceptors (Lipinski definition) is 6. The predicted molar refractivity (Wildman–Crippen MR) is 94.5 cm³/mol. The number of anilines is 1. The summed E-state index contributed by atoms with van der Waals surface area (Å²) in [4.78, 5) is 17.1. The summed E-state index contributed by atoms with van der Waals surface area (Å²) in [6, 6.07) is 4.70. The van der Waals surface area contributed by atoms with Crippen LogP contribution < -0.4 is 5.32 Å². The molecule has 0 aliphatic heterocycles. The first-order valence-corrected chi connectivity index (χ1v) is 9.20. The topological polar surface area (TPSA) is 67.8 Å². The minimum Gasteiger partial charge on any atom is -0.296 e. The smallest absolute Gasteiger partial charge is 0.296 e. The Morgan fingerprint density at radius 1 is 1.15 bits per heavy atom. The summed E-state index contributed by atoms with van der Waals surface area (Å²) >= 11 is 2.41. The molecule has 5 nitrogen and oxygen atoms in total. The first-order chi connectivity index (χ1) is 12.3. The molecular formula is C16H13F3N4OS2. The number of hydrogen-bond donors (Lipinski definition) is 1. The molecule has 0 saturated heterocycles. The van der Waals surface area contributed by atoms with Crippen LogP contribution in [0.4, 0.5) is 18.3 Å². The van der Waals surface area contributed by atoms with Crippen molar-refractivity contribution in [1.82, 2.24) is 15.2 Å². The molecule has 0 aliphatic carbocycles. The zero-order valence-corrected chi connectivity index (χ0v) is 15.3. The lowest BCUT2D eigenvalue weighted by atomic mass is 10.1. The molecule has 3 aromatic rings. The van der Waals surface area contributed by atoms with E-state index in [1.54, 1.807) is 6.92 Å². The molecule has 0 unspecified atom stereocenters. The van der Waals surface area contributed by atoms with Crippen LogP contribution in [-0.2, 0) is 12.6 Å². The number of nitrogens with zero attached hydrogens (tertiary/aromatic N) is 3. The maximum Gasteiger partial charge on any atom is 0.416 e. The highest BCUT2D eigenvalue weighted by molar-refractivity contribution is 7.17. The minimum atomic E-state index is -4.39. The molecule has 136 valence electrons. The molecule has 2 heterocycles. The Labute approximate surface area is 154 Å². The highest BCUT2D eigenvalue weighted by Crippen LogP contribution is 2.33. The average molecular weight is 398 g/mol. The first kappa shape index (κ1) is 18.5. The van der Waals surface area contributed by atoms with Gasteiger partial charge < -0.3 is 0 Å². The molecule has 0 fully saturated rings. The van der Waals surface area contributed by atoms with Crippen LogP contribution in [0, 0.1) is 6.92 Å². The highest BCUT2D eigenvalue weighted by atomic mass is 32.1. The van der Waals surface area contributed by atoms with Gasteiger partial charge in [-0.25, -0.2) is 4.98 Å². The lowest BCUT2D eigenvalue weighted by Crippen LogP contribution is -2.11. The Hall–Kier alpha value is -2.33. The molecular weight excluding hydrogens is 385 g/mol. The fourth-order valence-corrected chi connectivity index (χ4v) is 3.77. The summed E-state index contributed by atoms with van der Waals surface area (Å²) in [7, 11) is 0. The maximum absolute atomic E-state index is 12.7. The molecule has 0 aliphatic rings. The number of halogens is 3. The fourth-order valence-electron chi connectivity index (χ4n) is 2.13. The number of aryl methyl sites for hydroxylation is 2. The van der Waals surface area contributed by atoms with Gasteiger partial charge in [0.1, 0.15) is 14.9 Å². The molecule has 26 heavy (non-hydrogen) atoms. The third-order valence-electron chi connectivity index (χ3n) is 3.45. The van der Waals surface area contributed by atoms with Crippen molar-refractivity contribution in [3.8, 4) is 10.6 Å². The number of nitrogens with one attached hydrogen (secondary N) is 1. The van der Waals surface area contributed by atoms with Gasteiger partial charge in [-0.2, -0.15) is 13.2 Å². The van der Waals surface area contributed by atoms with E-state index >= 15 is 0 Å². The Morgan fingerprint density at radius 3 is 2.42 bits per heavy atom. The van der Waals surface area contributed by atoms with Crippen LogP contribution in [0.15, 0.2) is 24.3 Å². The van der Waals surface area contributed by atoms with Crippen LogP contribution in [0.3, 0.4) is 0 Å². The summed E-state index contributed by atoms with van der Waals surface area (Å²) < 4.78 is 38.0. The van der Waals surface area contributed by atoms with Gasteiger partial charge in [0.15, 0.2) is 0 Å². The molecule has 0 radical (unpaired) electrons. The van der Waals surface area contributed by atoms with Gasteiger partial charge in [-0.3, -0.25) is 10.1 Å². The monoisotopic (exact) mass is 398 g/mol. The van der Waals surface area contributed by atoms with Gasteiger partial charge in [-0.05, 0) is 25.5 Å². The second-order valence-corrected chi connectivity index (χ2v) is 7.38. The maximum atomic E-state index is 12.7. The van der Waals surface area contributed by atoms with E-state index in [2.05, 4.69) is 20.5 Å². The SMILES string of the molecule is CCc1nnc(NC(=O)c2sc(-c3ccc(C(F)(F)F)cc3)nc2C)s1. The summed E-state index contributed by atoms with van der Waals surface area (Å²) in [6.45, 7) is 3.62. The number of rotatable bonds is 4. The van der Waals surface area contributed by atoms with Gasteiger partial charge in [-0.15, -0.1) is 21.5 Å². The lowest BCUT2D eigenvalue weighted by Gasteiger charge is -2.06. The van der Waals surface area contributed by atoms with Gasteiger partial charge in [0.05, 0.1) is 11.3 Å². The number of alkyl halides is 3. The van der Waals surface area contributed by atoms with E-state index in [0.717, 1.165) is 34.9 Å². The molecule has 0 saturated carbocycles. The van der Waals surface area contributed by atoms with Crippen molar-refractivity contribution in [2.24, 2.45) is 0 Å². The summed E-state index contributed by atoms with van der Waals surface area (Å²) in [5, 5.41) is 12.2. The van der Waals surface area contributed by atoms with E-state index in [1.165, 1.54) is 23.5 Å². The minimum absolute atomic E-state index is 0.364. The van der Waals surface area contributed by atoms with Crippen molar-refractivity contribution < 1.29 is 18.0 Å². The molecule has 0 atom stereocenters. The van der Waals surface area contributed by atoms with Gasteiger partial charge in [0, 0.05) is 5.56 Å². The van der Waals surface area contributed by atoms with E-state index in [-0.39, 0.29) is 5.91 Å². The standard InChI is InChI=1S/C16H13F3N4OS2/c1-3-11-22-23-15(25-11)21-13(24)12-8(2)20-14(26-12)9-4-6-10(7-5-9)16(17,18)19/h4-7H,3H2,1-2H3,(H,21,23,24). The zero-order chi connectivity index (χ0) is 18.9.